The Morgan fingerprint density at radius 3 is 1.09 bits per heavy atom. The Kier molecular flexibility index (Phi) is 16.1. The number of ether oxygens (including phenoxy) is 2. The van der Waals surface area contributed by atoms with Crippen LogP contribution in [0.1, 0.15) is 103 Å². The molecule has 44 heavy (non-hydrogen) atoms. The van der Waals surface area contributed by atoms with Crippen molar-refractivity contribution in [2.24, 2.45) is 0 Å². The third-order valence-electron chi connectivity index (χ3n) is 8.32. The largest absolute Gasteiger partial charge is 0.494 e. The van der Waals surface area contributed by atoms with Crippen LogP contribution in [0.25, 0.3) is 11.1 Å². The standard InChI is InChI=1S/C38H54N4O2/c1(5-9-13-27-41-29-25-39-33-41)3-7-11-15-31-43-37-21-17-35(18-22-37)36-19-23-38(24-20-36)44-32-16-12-8-4-2-6-10-14-28-42-30-26-40-34-42/h17-26,29-30,33-34H,1-16,27-28,31-32H2. The van der Waals surface area contributed by atoms with E-state index in [0.717, 1.165) is 50.6 Å². The Labute approximate surface area is 265 Å². The van der Waals surface area contributed by atoms with Gasteiger partial charge in [-0.15, -0.1) is 0 Å². The minimum atomic E-state index is 0.795. The van der Waals surface area contributed by atoms with Gasteiger partial charge in [0.15, 0.2) is 0 Å². The number of hydrogen-bond donors (Lipinski definition) is 0. The summed E-state index contributed by atoms with van der Waals surface area (Å²) < 4.78 is 16.3. The lowest BCUT2D eigenvalue weighted by Gasteiger charge is -2.09. The molecule has 6 nitrogen and oxygen atoms in total. The van der Waals surface area contributed by atoms with Gasteiger partial charge in [0.05, 0.1) is 25.9 Å². The van der Waals surface area contributed by atoms with Gasteiger partial charge in [-0.25, -0.2) is 9.97 Å². The Balaban J connectivity index is 0.954. The quantitative estimate of drug-likeness (QED) is 0.0712. The van der Waals surface area contributed by atoms with E-state index in [4.69, 9.17) is 9.47 Å². The van der Waals surface area contributed by atoms with Crippen molar-refractivity contribution in [3.8, 4) is 22.6 Å². The summed E-state index contributed by atoms with van der Waals surface area (Å²) in [6.45, 7) is 3.78. The van der Waals surface area contributed by atoms with E-state index in [-0.39, 0.29) is 0 Å². The van der Waals surface area contributed by atoms with Gasteiger partial charge in [-0.3, -0.25) is 0 Å². The van der Waals surface area contributed by atoms with Gasteiger partial charge < -0.3 is 18.6 Å². The predicted octanol–water partition coefficient (Wildman–Crippen LogP) is 10.1. The topological polar surface area (TPSA) is 54.1 Å². The van der Waals surface area contributed by atoms with E-state index in [2.05, 4.69) is 67.6 Å². The van der Waals surface area contributed by atoms with Crippen LogP contribution >= 0.6 is 0 Å². The number of imidazole rings is 2. The lowest BCUT2D eigenvalue weighted by atomic mass is 10.1. The zero-order valence-corrected chi connectivity index (χ0v) is 26.8. The summed E-state index contributed by atoms with van der Waals surface area (Å²) in [7, 11) is 0. The molecule has 0 bridgehead atoms. The monoisotopic (exact) mass is 598 g/mol. The lowest BCUT2D eigenvalue weighted by molar-refractivity contribution is 0.304. The smallest absolute Gasteiger partial charge is 0.119 e. The minimum Gasteiger partial charge on any atom is -0.494 e. The number of unbranched alkanes of at least 4 members (excludes halogenated alkanes) is 14. The number of aromatic nitrogens is 4. The molecule has 0 saturated carbocycles. The van der Waals surface area contributed by atoms with E-state index in [0.29, 0.717) is 0 Å². The van der Waals surface area contributed by atoms with Crippen LogP contribution in [-0.2, 0) is 13.1 Å². The average Bonchev–Trinajstić information content (AvgIpc) is 3.78. The summed E-state index contributed by atoms with van der Waals surface area (Å²) >= 11 is 0. The highest BCUT2D eigenvalue weighted by atomic mass is 16.5. The number of nitrogens with zero attached hydrogens (tertiary/aromatic N) is 4. The van der Waals surface area contributed by atoms with Crippen molar-refractivity contribution in [1.82, 2.24) is 19.1 Å². The molecule has 0 spiro atoms. The Morgan fingerprint density at radius 2 is 0.750 bits per heavy atom. The van der Waals surface area contributed by atoms with Gasteiger partial charge in [-0.05, 0) is 61.1 Å². The summed E-state index contributed by atoms with van der Waals surface area (Å²) in [5.74, 6) is 1.91. The maximum Gasteiger partial charge on any atom is 0.119 e. The van der Waals surface area contributed by atoms with Gasteiger partial charge in [-0.2, -0.15) is 0 Å². The maximum absolute atomic E-state index is 5.99. The molecule has 2 heterocycles. The van der Waals surface area contributed by atoms with Crippen LogP contribution in [0.2, 0.25) is 0 Å². The number of rotatable bonds is 25. The number of benzene rings is 2. The molecule has 0 aliphatic heterocycles. The third kappa shape index (κ3) is 13.8. The predicted molar refractivity (Wildman–Crippen MR) is 181 cm³/mol. The molecule has 0 saturated heterocycles. The Morgan fingerprint density at radius 1 is 0.409 bits per heavy atom. The minimum absolute atomic E-state index is 0.795. The van der Waals surface area contributed by atoms with E-state index in [1.807, 2.05) is 37.4 Å². The van der Waals surface area contributed by atoms with Gasteiger partial charge in [0, 0.05) is 37.9 Å². The molecule has 0 aliphatic carbocycles. The molecule has 4 rings (SSSR count). The van der Waals surface area contributed by atoms with Crippen LogP contribution in [0.4, 0.5) is 0 Å². The van der Waals surface area contributed by atoms with Crippen molar-refractivity contribution in [2.45, 2.75) is 116 Å². The molecular formula is C38H54N4O2. The van der Waals surface area contributed by atoms with Gasteiger partial charge in [0.25, 0.3) is 0 Å². The van der Waals surface area contributed by atoms with E-state index in [1.165, 1.54) is 101 Å². The fourth-order valence-corrected chi connectivity index (χ4v) is 5.62. The highest BCUT2D eigenvalue weighted by Crippen LogP contribution is 2.25. The maximum atomic E-state index is 5.99. The summed E-state index contributed by atoms with van der Waals surface area (Å²) in [4.78, 5) is 8.19. The van der Waals surface area contributed by atoms with E-state index in [9.17, 15) is 0 Å². The fourth-order valence-electron chi connectivity index (χ4n) is 5.62. The van der Waals surface area contributed by atoms with Crippen molar-refractivity contribution >= 4 is 0 Å². The average molecular weight is 599 g/mol. The van der Waals surface area contributed by atoms with Gasteiger partial charge >= 0.3 is 0 Å². The van der Waals surface area contributed by atoms with Crippen LogP contribution in [0.15, 0.2) is 86.0 Å². The first kappa shape index (κ1) is 33.4. The van der Waals surface area contributed by atoms with Crippen molar-refractivity contribution in [2.75, 3.05) is 13.2 Å². The van der Waals surface area contributed by atoms with Crippen LogP contribution < -0.4 is 9.47 Å². The highest BCUT2D eigenvalue weighted by molar-refractivity contribution is 5.64. The normalized spacial score (nSPS) is 11.2. The zero-order valence-electron chi connectivity index (χ0n) is 26.8. The third-order valence-corrected chi connectivity index (χ3v) is 8.32. The van der Waals surface area contributed by atoms with Crippen molar-refractivity contribution in [1.29, 1.82) is 0 Å². The van der Waals surface area contributed by atoms with Crippen LogP contribution in [0.5, 0.6) is 11.5 Å². The number of aryl methyl sites for hydroxylation is 2. The first-order chi connectivity index (χ1) is 21.9. The van der Waals surface area contributed by atoms with Gasteiger partial charge in [0.1, 0.15) is 11.5 Å². The summed E-state index contributed by atoms with van der Waals surface area (Å²) in [5, 5.41) is 0. The first-order valence-electron chi connectivity index (χ1n) is 17.2. The number of hydrogen-bond acceptors (Lipinski definition) is 4. The molecule has 238 valence electrons. The molecule has 0 fully saturated rings. The molecule has 0 amide bonds. The van der Waals surface area contributed by atoms with Crippen LogP contribution in [-0.4, -0.2) is 32.3 Å². The molecule has 0 atom stereocenters. The van der Waals surface area contributed by atoms with E-state index in [1.54, 1.807) is 0 Å². The SMILES string of the molecule is c1cn(CCCCCCCCCCOc2ccc(-c3ccc(OCCCCCCCCCCn4ccnc4)cc3)cc2)cn1. The molecular weight excluding hydrogens is 544 g/mol. The van der Waals surface area contributed by atoms with E-state index < -0.39 is 0 Å². The molecule has 0 N–H and O–H groups in total. The van der Waals surface area contributed by atoms with Crippen LogP contribution in [0, 0.1) is 0 Å². The van der Waals surface area contributed by atoms with Crippen molar-refractivity contribution in [3.05, 3.63) is 86.0 Å². The Bertz CT molecular complexity index is 1110. The molecule has 2 aromatic heterocycles. The van der Waals surface area contributed by atoms with Crippen LogP contribution in [0.3, 0.4) is 0 Å². The molecule has 4 aromatic rings. The van der Waals surface area contributed by atoms with Crippen molar-refractivity contribution in [3.63, 3.8) is 0 Å². The second kappa shape index (κ2) is 21.2. The molecule has 0 unspecified atom stereocenters. The first-order valence-corrected chi connectivity index (χ1v) is 17.2. The molecule has 2 aromatic carbocycles. The van der Waals surface area contributed by atoms with Crippen molar-refractivity contribution < 1.29 is 9.47 Å². The summed E-state index contributed by atoms with van der Waals surface area (Å²) in [6.07, 6.45) is 32.1. The lowest BCUT2D eigenvalue weighted by Crippen LogP contribution is -1.97. The van der Waals surface area contributed by atoms with Gasteiger partial charge in [-0.1, -0.05) is 101 Å². The second-order valence-electron chi connectivity index (χ2n) is 12.0. The summed E-state index contributed by atoms with van der Waals surface area (Å²) in [6, 6.07) is 17.0. The summed E-state index contributed by atoms with van der Waals surface area (Å²) in [5.41, 5.74) is 2.41. The second-order valence-corrected chi connectivity index (χ2v) is 12.0. The molecule has 0 aliphatic rings. The molecule has 6 heteroatoms. The van der Waals surface area contributed by atoms with Gasteiger partial charge in [0.2, 0.25) is 0 Å². The highest BCUT2D eigenvalue weighted by Gasteiger charge is 2.02. The fraction of sp³-hybridized carbons (Fsp3) is 0.526. The Hall–Kier alpha value is -3.54. The zero-order chi connectivity index (χ0) is 30.3. The molecule has 0 radical (unpaired) electrons. The van der Waals surface area contributed by atoms with E-state index >= 15 is 0 Å².